The summed E-state index contributed by atoms with van der Waals surface area (Å²) in [6, 6.07) is 12.2. The lowest BCUT2D eigenvalue weighted by atomic mass is 10.1. The lowest BCUT2D eigenvalue weighted by molar-refractivity contribution is 0.0468. The quantitative estimate of drug-likeness (QED) is 0.357. The molecule has 0 saturated heterocycles. The standard InChI is InChI=1S/C21H14FNO5S/c1-26-15-6-7-16-13(8-19(24)28-18(16)9-15)10-27-21(25)17-11-29-20(23-17)12-2-4-14(22)5-3-12/h2-9,11H,10H2,1H3. The smallest absolute Gasteiger partial charge is 0.358 e. The average Bonchev–Trinajstić information content (AvgIpc) is 3.22. The number of aromatic nitrogens is 1. The summed E-state index contributed by atoms with van der Waals surface area (Å²) in [5.74, 6) is -0.419. The molecule has 0 aliphatic heterocycles. The Balaban J connectivity index is 1.53. The number of hydrogen-bond donors (Lipinski definition) is 0. The van der Waals surface area contributed by atoms with Crippen molar-refractivity contribution in [3.05, 3.63) is 81.4 Å². The molecule has 0 amide bonds. The van der Waals surface area contributed by atoms with Gasteiger partial charge in [-0.3, -0.25) is 0 Å². The Kier molecular flexibility index (Phi) is 5.09. The number of ether oxygens (including phenoxy) is 2. The van der Waals surface area contributed by atoms with Gasteiger partial charge in [0.05, 0.1) is 7.11 Å². The van der Waals surface area contributed by atoms with Crippen LogP contribution >= 0.6 is 11.3 Å². The van der Waals surface area contributed by atoms with E-state index >= 15 is 0 Å². The first-order valence-corrected chi connectivity index (χ1v) is 9.41. The predicted octanol–water partition coefficient (Wildman–Crippen LogP) is 4.42. The van der Waals surface area contributed by atoms with E-state index in [2.05, 4.69) is 4.98 Å². The summed E-state index contributed by atoms with van der Waals surface area (Å²) in [6.45, 7) is -0.114. The predicted molar refractivity (Wildman–Crippen MR) is 106 cm³/mol. The second kappa shape index (κ2) is 7.84. The molecule has 29 heavy (non-hydrogen) atoms. The molecule has 0 saturated carbocycles. The minimum Gasteiger partial charge on any atom is -0.497 e. The van der Waals surface area contributed by atoms with E-state index in [9.17, 15) is 14.0 Å². The van der Waals surface area contributed by atoms with Gasteiger partial charge in [0, 0.05) is 34.0 Å². The maximum atomic E-state index is 13.1. The third-order valence-electron chi connectivity index (χ3n) is 4.20. The fourth-order valence-electron chi connectivity index (χ4n) is 2.77. The van der Waals surface area contributed by atoms with E-state index in [1.165, 1.54) is 36.6 Å². The zero-order chi connectivity index (χ0) is 20.4. The maximum absolute atomic E-state index is 13.1. The molecule has 4 rings (SSSR count). The van der Waals surface area contributed by atoms with Crippen molar-refractivity contribution >= 4 is 28.3 Å². The van der Waals surface area contributed by atoms with Crippen LogP contribution in [0.2, 0.25) is 0 Å². The zero-order valence-corrected chi connectivity index (χ0v) is 16.0. The Hall–Kier alpha value is -3.52. The maximum Gasteiger partial charge on any atom is 0.358 e. The van der Waals surface area contributed by atoms with Crippen LogP contribution < -0.4 is 10.4 Å². The highest BCUT2D eigenvalue weighted by Crippen LogP contribution is 2.25. The van der Waals surface area contributed by atoms with Crippen molar-refractivity contribution < 1.29 is 23.1 Å². The highest BCUT2D eigenvalue weighted by molar-refractivity contribution is 7.13. The fraction of sp³-hybridized carbons (Fsp3) is 0.0952. The molecule has 2 aromatic heterocycles. The van der Waals surface area contributed by atoms with E-state index in [0.29, 0.717) is 32.9 Å². The van der Waals surface area contributed by atoms with Gasteiger partial charge < -0.3 is 13.9 Å². The molecule has 0 N–H and O–H groups in total. The van der Waals surface area contributed by atoms with Gasteiger partial charge in [0.15, 0.2) is 5.69 Å². The highest BCUT2D eigenvalue weighted by atomic mass is 32.1. The van der Waals surface area contributed by atoms with Crippen LogP contribution in [-0.4, -0.2) is 18.1 Å². The number of halogens is 1. The number of hydrogen-bond acceptors (Lipinski definition) is 7. The van der Waals surface area contributed by atoms with Gasteiger partial charge in [-0.1, -0.05) is 0 Å². The molecule has 0 radical (unpaired) electrons. The summed E-state index contributed by atoms with van der Waals surface area (Å²) in [5, 5.41) is 2.79. The first-order valence-electron chi connectivity index (χ1n) is 8.53. The van der Waals surface area contributed by atoms with Crippen LogP contribution in [0.15, 0.2) is 63.1 Å². The number of fused-ring (bicyclic) bond motifs is 1. The van der Waals surface area contributed by atoms with Gasteiger partial charge in [0.1, 0.15) is 28.8 Å². The van der Waals surface area contributed by atoms with Gasteiger partial charge in [0.2, 0.25) is 0 Å². The Bertz CT molecular complexity index is 1250. The van der Waals surface area contributed by atoms with E-state index in [-0.39, 0.29) is 18.1 Å². The van der Waals surface area contributed by atoms with Crippen LogP contribution in [0.1, 0.15) is 16.1 Å². The Morgan fingerprint density at radius 2 is 1.97 bits per heavy atom. The van der Waals surface area contributed by atoms with Crippen molar-refractivity contribution in [3.8, 4) is 16.3 Å². The number of thiazole rings is 1. The van der Waals surface area contributed by atoms with Crippen LogP contribution in [-0.2, 0) is 11.3 Å². The molecular formula is C21H14FNO5S. The summed E-state index contributed by atoms with van der Waals surface area (Å²) in [7, 11) is 1.51. The molecular weight excluding hydrogens is 397 g/mol. The molecule has 2 aromatic carbocycles. The second-order valence-corrected chi connectivity index (χ2v) is 6.93. The molecule has 0 unspecified atom stereocenters. The number of carbonyl (C=O) groups excluding carboxylic acids is 1. The number of carbonyl (C=O) groups is 1. The molecule has 0 bridgehead atoms. The van der Waals surface area contributed by atoms with E-state index in [0.717, 1.165) is 0 Å². The number of esters is 1. The largest absolute Gasteiger partial charge is 0.497 e. The first-order chi connectivity index (χ1) is 14.0. The van der Waals surface area contributed by atoms with Gasteiger partial charge in [0.25, 0.3) is 0 Å². The Labute approximate surface area is 168 Å². The summed E-state index contributed by atoms with van der Waals surface area (Å²) in [6.07, 6.45) is 0. The molecule has 6 nitrogen and oxygen atoms in total. The fourth-order valence-corrected chi connectivity index (χ4v) is 3.56. The monoisotopic (exact) mass is 411 g/mol. The van der Waals surface area contributed by atoms with Gasteiger partial charge in [-0.2, -0.15) is 0 Å². The minimum absolute atomic E-state index is 0.114. The Morgan fingerprint density at radius 1 is 1.17 bits per heavy atom. The van der Waals surface area contributed by atoms with Gasteiger partial charge >= 0.3 is 11.6 Å². The van der Waals surface area contributed by atoms with Crippen LogP contribution in [0.3, 0.4) is 0 Å². The van der Waals surface area contributed by atoms with Crippen LogP contribution in [0, 0.1) is 5.82 Å². The van der Waals surface area contributed by atoms with Crippen molar-refractivity contribution in [2.45, 2.75) is 6.61 Å². The lowest BCUT2D eigenvalue weighted by Gasteiger charge is -2.07. The van der Waals surface area contributed by atoms with Gasteiger partial charge in [-0.05, 0) is 36.4 Å². The first kappa shape index (κ1) is 18.8. The second-order valence-electron chi connectivity index (χ2n) is 6.07. The summed E-state index contributed by atoms with van der Waals surface area (Å²) in [5.41, 5.74) is 1.15. The SMILES string of the molecule is COc1ccc2c(COC(=O)c3csc(-c4ccc(F)cc4)n3)cc(=O)oc2c1. The highest BCUT2D eigenvalue weighted by Gasteiger charge is 2.15. The van der Waals surface area contributed by atoms with Crippen molar-refractivity contribution in [2.24, 2.45) is 0 Å². The zero-order valence-electron chi connectivity index (χ0n) is 15.2. The molecule has 146 valence electrons. The van der Waals surface area contributed by atoms with Gasteiger partial charge in [-0.25, -0.2) is 19.0 Å². The van der Waals surface area contributed by atoms with Crippen molar-refractivity contribution in [2.75, 3.05) is 7.11 Å². The summed E-state index contributed by atoms with van der Waals surface area (Å²) in [4.78, 5) is 28.4. The Morgan fingerprint density at radius 3 is 2.72 bits per heavy atom. The molecule has 0 fully saturated rings. The summed E-state index contributed by atoms with van der Waals surface area (Å²) < 4.78 is 28.7. The van der Waals surface area contributed by atoms with E-state index < -0.39 is 11.6 Å². The molecule has 2 heterocycles. The van der Waals surface area contributed by atoms with Crippen LogP contribution in [0.4, 0.5) is 4.39 Å². The van der Waals surface area contributed by atoms with E-state index in [4.69, 9.17) is 13.9 Å². The topological polar surface area (TPSA) is 78.6 Å². The number of nitrogens with zero attached hydrogens (tertiary/aromatic N) is 1. The van der Waals surface area contributed by atoms with E-state index in [1.54, 1.807) is 35.7 Å². The van der Waals surface area contributed by atoms with Crippen LogP contribution in [0.5, 0.6) is 5.75 Å². The lowest BCUT2D eigenvalue weighted by Crippen LogP contribution is -2.08. The number of methoxy groups -OCH3 is 1. The molecule has 0 spiro atoms. The van der Waals surface area contributed by atoms with Crippen molar-refractivity contribution in [3.63, 3.8) is 0 Å². The van der Waals surface area contributed by atoms with Crippen molar-refractivity contribution in [1.82, 2.24) is 4.98 Å². The van der Waals surface area contributed by atoms with Gasteiger partial charge in [-0.15, -0.1) is 11.3 Å². The molecule has 8 heteroatoms. The van der Waals surface area contributed by atoms with Crippen LogP contribution in [0.25, 0.3) is 21.5 Å². The number of rotatable bonds is 5. The number of benzene rings is 2. The minimum atomic E-state index is -0.621. The molecule has 0 aliphatic rings. The summed E-state index contributed by atoms with van der Waals surface area (Å²) >= 11 is 1.25. The normalized spacial score (nSPS) is 10.8. The third kappa shape index (κ3) is 4.02. The third-order valence-corrected chi connectivity index (χ3v) is 5.09. The molecule has 0 atom stereocenters. The van der Waals surface area contributed by atoms with E-state index in [1.807, 2.05) is 0 Å². The molecule has 0 aliphatic carbocycles. The van der Waals surface area contributed by atoms with Crippen molar-refractivity contribution in [1.29, 1.82) is 0 Å². The molecule has 4 aromatic rings. The average molecular weight is 411 g/mol.